The van der Waals surface area contributed by atoms with Gasteiger partial charge in [0.15, 0.2) is 0 Å². The summed E-state index contributed by atoms with van der Waals surface area (Å²) in [6, 6.07) is 5.88. The topological polar surface area (TPSA) is 29.1 Å². The molecule has 0 aliphatic carbocycles. The molecule has 2 nitrogen and oxygen atoms in total. The van der Waals surface area contributed by atoms with Crippen molar-refractivity contribution < 1.29 is 4.79 Å². The van der Waals surface area contributed by atoms with E-state index < -0.39 is 0 Å². The van der Waals surface area contributed by atoms with Crippen LogP contribution in [0.5, 0.6) is 0 Å². The first-order chi connectivity index (χ1) is 5.75. The van der Waals surface area contributed by atoms with Crippen molar-refractivity contribution in [2.24, 2.45) is 0 Å². The van der Waals surface area contributed by atoms with Crippen molar-refractivity contribution in [3.8, 4) is 0 Å². The Hall–Kier alpha value is -0.480. The minimum Gasteiger partial charge on any atom is -0.376 e. The first-order valence-corrected chi connectivity index (χ1v) is 5.11. The number of benzene rings is 1. The average molecular weight is 244 g/mol. The molecule has 0 spiro atoms. The molecule has 0 unspecified atom stereocenters. The predicted molar refractivity (Wildman–Crippen MR) is 53.5 cm³/mol. The number of carbonyl (C=O) groups is 1. The number of nitrogens with one attached hydrogen (secondary N) is 1. The fourth-order valence-corrected chi connectivity index (χ4v) is 2.39. The summed E-state index contributed by atoms with van der Waals surface area (Å²) in [7, 11) is 0. The number of fused-ring (bicyclic) bond motifs is 1. The summed E-state index contributed by atoms with van der Waals surface area (Å²) < 4.78 is 1.00. The molecule has 1 heterocycles. The highest BCUT2D eigenvalue weighted by Gasteiger charge is 2.15. The fourth-order valence-electron chi connectivity index (χ4n) is 1.05. The third-order valence-electron chi connectivity index (χ3n) is 1.59. The Balaban J connectivity index is 2.44. The number of carbonyl (C=O) groups excluding carboxylic acids is 1. The number of anilines is 1. The normalized spacial score (nSPS) is 15.2. The van der Waals surface area contributed by atoms with Gasteiger partial charge in [-0.05, 0) is 30.0 Å². The van der Waals surface area contributed by atoms with E-state index in [2.05, 4.69) is 21.2 Å². The van der Waals surface area contributed by atoms with Crippen LogP contribution in [0.2, 0.25) is 0 Å². The molecule has 2 rings (SSSR count). The van der Waals surface area contributed by atoms with Gasteiger partial charge in [0, 0.05) is 15.1 Å². The van der Waals surface area contributed by atoms with Crippen LogP contribution in [-0.2, 0) is 4.79 Å². The zero-order chi connectivity index (χ0) is 8.55. The molecule has 62 valence electrons. The summed E-state index contributed by atoms with van der Waals surface area (Å²) in [6.07, 6.45) is 0. The Morgan fingerprint density at radius 3 is 3.17 bits per heavy atom. The van der Waals surface area contributed by atoms with E-state index >= 15 is 0 Å². The van der Waals surface area contributed by atoms with E-state index in [-0.39, 0.29) is 5.12 Å². The van der Waals surface area contributed by atoms with Gasteiger partial charge in [0.25, 0.3) is 0 Å². The molecule has 12 heavy (non-hydrogen) atoms. The second-order valence-electron chi connectivity index (χ2n) is 2.47. The lowest BCUT2D eigenvalue weighted by atomic mass is 10.3. The lowest BCUT2D eigenvalue weighted by Crippen LogP contribution is -2.15. The molecule has 0 aromatic heterocycles. The van der Waals surface area contributed by atoms with Gasteiger partial charge in [-0.3, -0.25) is 4.79 Å². The standard InChI is InChI=1S/C8H6BrNOS/c9-5-1-2-6-7(3-5)12-8(11)4-10-6/h1-3,10H,4H2. The molecule has 1 N–H and O–H groups in total. The van der Waals surface area contributed by atoms with Crippen LogP contribution in [0, 0.1) is 0 Å². The van der Waals surface area contributed by atoms with Gasteiger partial charge in [0.1, 0.15) is 0 Å². The van der Waals surface area contributed by atoms with Crippen LogP contribution >= 0.6 is 27.7 Å². The second-order valence-corrected chi connectivity index (χ2v) is 4.48. The third-order valence-corrected chi connectivity index (χ3v) is 3.01. The van der Waals surface area contributed by atoms with Gasteiger partial charge in [-0.15, -0.1) is 0 Å². The Morgan fingerprint density at radius 2 is 2.33 bits per heavy atom. The monoisotopic (exact) mass is 243 g/mol. The maximum atomic E-state index is 11.0. The molecule has 0 amide bonds. The summed E-state index contributed by atoms with van der Waals surface area (Å²) in [5.74, 6) is 0. The van der Waals surface area contributed by atoms with Crippen molar-refractivity contribution in [2.45, 2.75) is 4.90 Å². The van der Waals surface area contributed by atoms with Crippen LogP contribution in [0.4, 0.5) is 5.69 Å². The van der Waals surface area contributed by atoms with E-state index in [1.807, 2.05) is 18.2 Å². The minimum atomic E-state index is 0.167. The Kier molecular flexibility index (Phi) is 2.11. The molecule has 1 aliphatic rings. The molecular weight excluding hydrogens is 238 g/mol. The van der Waals surface area contributed by atoms with Gasteiger partial charge in [-0.25, -0.2) is 0 Å². The molecule has 1 aromatic rings. The van der Waals surface area contributed by atoms with Gasteiger partial charge in [0.05, 0.1) is 6.54 Å². The highest BCUT2D eigenvalue weighted by molar-refractivity contribution is 9.10. The molecule has 0 atom stereocenters. The van der Waals surface area contributed by atoms with E-state index in [1.54, 1.807) is 0 Å². The fraction of sp³-hybridized carbons (Fsp3) is 0.125. The summed E-state index contributed by atoms with van der Waals surface area (Å²) in [4.78, 5) is 12.0. The number of hydrogen-bond donors (Lipinski definition) is 1. The number of rotatable bonds is 0. The lowest BCUT2D eigenvalue weighted by molar-refractivity contribution is -0.109. The maximum Gasteiger partial charge on any atom is 0.212 e. The van der Waals surface area contributed by atoms with Gasteiger partial charge < -0.3 is 5.32 Å². The highest BCUT2D eigenvalue weighted by Crippen LogP contribution is 2.33. The van der Waals surface area contributed by atoms with Crippen LogP contribution in [0.15, 0.2) is 27.6 Å². The van der Waals surface area contributed by atoms with Crippen molar-refractivity contribution in [3.63, 3.8) is 0 Å². The van der Waals surface area contributed by atoms with Gasteiger partial charge >= 0.3 is 0 Å². The first kappa shape index (κ1) is 8.13. The largest absolute Gasteiger partial charge is 0.376 e. The Bertz CT molecular complexity index is 340. The zero-order valence-corrected chi connectivity index (χ0v) is 8.54. The molecule has 0 fully saturated rings. The van der Waals surface area contributed by atoms with Crippen LogP contribution in [0.3, 0.4) is 0 Å². The molecule has 0 saturated heterocycles. The van der Waals surface area contributed by atoms with Crippen molar-refractivity contribution >= 4 is 38.5 Å². The molecule has 0 saturated carbocycles. The summed E-state index contributed by atoms with van der Waals surface area (Å²) >= 11 is 4.65. The average Bonchev–Trinajstić information content (AvgIpc) is 2.03. The quantitative estimate of drug-likeness (QED) is 0.760. The SMILES string of the molecule is O=C1CNc2ccc(Br)cc2S1. The molecule has 1 aromatic carbocycles. The summed E-state index contributed by atoms with van der Waals surface area (Å²) in [5.41, 5.74) is 1.04. The van der Waals surface area contributed by atoms with Gasteiger partial charge in [-0.1, -0.05) is 15.9 Å². The Morgan fingerprint density at radius 1 is 1.50 bits per heavy atom. The molecule has 4 heteroatoms. The van der Waals surface area contributed by atoms with E-state index in [4.69, 9.17) is 0 Å². The minimum absolute atomic E-state index is 0.167. The van der Waals surface area contributed by atoms with E-state index in [0.29, 0.717) is 6.54 Å². The summed E-state index contributed by atoms with van der Waals surface area (Å²) in [6.45, 7) is 0.430. The Labute approximate surface area is 82.9 Å². The molecule has 0 bridgehead atoms. The molecular formula is C8H6BrNOS. The van der Waals surface area contributed by atoms with Crippen molar-refractivity contribution in [1.82, 2.24) is 0 Å². The lowest BCUT2D eigenvalue weighted by Gasteiger charge is -2.15. The van der Waals surface area contributed by atoms with E-state index in [0.717, 1.165) is 15.1 Å². The summed E-state index contributed by atoms with van der Waals surface area (Å²) in [5, 5.41) is 3.22. The smallest absolute Gasteiger partial charge is 0.212 e. The van der Waals surface area contributed by atoms with Gasteiger partial charge in [-0.2, -0.15) is 0 Å². The zero-order valence-electron chi connectivity index (χ0n) is 6.13. The maximum absolute atomic E-state index is 11.0. The van der Waals surface area contributed by atoms with Crippen molar-refractivity contribution in [2.75, 3.05) is 11.9 Å². The van der Waals surface area contributed by atoms with Crippen molar-refractivity contribution in [1.29, 1.82) is 0 Å². The predicted octanol–water partition coefficient (Wildman–Crippen LogP) is 2.49. The first-order valence-electron chi connectivity index (χ1n) is 3.50. The van der Waals surface area contributed by atoms with E-state index in [1.165, 1.54) is 11.8 Å². The third kappa shape index (κ3) is 1.49. The molecule has 1 aliphatic heterocycles. The van der Waals surface area contributed by atoms with Gasteiger partial charge in [0.2, 0.25) is 5.12 Å². The number of thioether (sulfide) groups is 1. The van der Waals surface area contributed by atoms with Crippen molar-refractivity contribution in [3.05, 3.63) is 22.7 Å². The van der Waals surface area contributed by atoms with E-state index in [9.17, 15) is 4.79 Å². The molecule has 0 radical (unpaired) electrons. The van der Waals surface area contributed by atoms with Crippen LogP contribution in [0.1, 0.15) is 0 Å². The second kappa shape index (κ2) is 3.11. The van der Waals surface area contributed by atoms with Crippen LogP contribution in [0.25, 0.3) is 0 Å². The van der Waals surface area contributed by atoms with Crippen LogP contribution < -0.4 is 5.32 Å². The highest BCUT2D eigenvalue weighted by atomic mass is 79.9. The van der Waals surface area contributed by atoms with Crippen LogP contribution in [-0.4, -0.2) is 11.7 Å². The number of halogens is 1. The number of hydrogen-bond acceptors (Lipinski definition) is 3.